The molecule has 122 valence electrons. The van der Waals surface area contributed by atoms with E-state index in [-0.39, 0.29) is 0 Å². The maximum absolute atomic E-state index is 12.8. The molecule has 0 aromatic carbocycles. The van der Waals surface area contributed by atoms with Gasteiger partial charge in [-0.2, -0.15) is 11.8 Å². The molecule has 0 spiro atoms. The fourth-order valence-electron chi connectivity index (χ4n) is 3.90. The first-order valence-electron chi connectivity index (χ1n) is 8.92. The molecule has 4 heteroatoms. The summed E-state index contributed by atoms with van der Waals surface area (Å²) in [5.41, 5.74) is 5.52. The first kappa shape index (κ1) is 17.1. The molecule has 2 aliphatic rings. The maximum Gasteiger partial charge on any atom is 0.223 e. The molecule has 0 aromatic rings. The average molecular weight is 313 g/mol. The molecular formula is C17H32N2OS. The molecule has 0 aliphatic heterocycles. The van der Waals surface area contributed by atoms with Crippen molar-refractivity contribution in [1.82, 2.24) is 4.90 Å². The molecule has 0 atom stereocenters. The fraction of sp³-hybridized carbons (Fsp3) is 0.941. The molecule has 21 heavy (non-hydrogen) atoms. The van der Waals surface area contributed by atoms with Gasteiger partial charge in [0, 0.05) is 36.6 Å². The summed E-state index contributed by atoms with van der Waals surface area (Å²) in [6.45, 7) is 0.716. The van der Waals surface area contributed by atoms with Crippen LogP contribution in [0.15, 0.2) is 0 Å². The van der Waals surface area contributed by atoms with Gasteiger partial charge in [-0.1, -0.05) is 38.5 Å². The van der Waals surface area contributed by atoms with Gasteiger partial charge in [0.2, 0.25) is 5.91 Å². The lowest BCUT2D eigenvalue weighted by Gasteiger charge is -2.42. The smallest absolute Gasteiger partial charge is 0.223 e. The van der Waals surface area contributed by atoms with Gasteiger partial charge in [0.15, 0.2) is 0 Å². The van der Waals surface area contributed by atoms with E-state index in [9.17, 15) is 4.79 Å². The van der Waals surface area contributed by atoms with Crippen molar-refractivity contribution in [2.24, 2.45) is 5.73 Å². The molecule has 2 fully saturated rings. The van der Waals surface area contributed by atoms with E-state index in [1.807, 2.05) is 11.8 Å². The van der Waals surface area contributed by atoms with Crippen molar-refractivity contribution in [3.8, 4) is 0 Å². The van der Waals surface area contributed by atoms with Crippen LogP contribution in [0.4, 0.5) is 0 Å². The molecule has 2 N–H and O–H groups in total. The minimum Gasteiger partial charge on any atom is -0.337 e. The standard InChI is InChI=1S/C17H32N2OS/c18-12-14-21-13-11-17(20)19(15-7-3-1-4-8-15)16-9-5-2-6-10-16/h15-16H,1-14,18H2. The number of carbonyl (C=O) groups is 1. The molecule has 0 unspecified atom stereocenters. The van der Waals surface area contributed by atoms with Crippen molar-refractivity contribution in [2.45, 2.75) is 82.7 Å². The summed E-state index contributed by atoms with van der Waals surface area (Å²) in [6, 6.07) is 1.07. The second-order valence-corrected chi connectivity index (χ2v) is 7.76. The minimum absolute atomic E-state index is 0.415. The number of hydrogen-bond acceptors (Lipinski definition) is 3. The Morgan fingerprint density at radius 2 is 1.43 bits per heavy atom. The maximum atomic E-state index is 12.8. The van der Waals surface area contributed by atoms with Gasteiger partial charge >= 0.3 is 0 Å². The molecule has 2 saturated carbocycles. The number of amides is 1. The second kappa shape index (κ2) is 9.73. The first-order valence-corrected chi connectivity index (χ1v) is 10.1. The number of hydrogen-bond donors (Lipinski definition) is 1. The van der Waals surface area contributed by atoms with Gasteiger partial charge in [-0.25, -0.2) is 0 Å². The van der Waals surface area contributed by atoms with Crippen LogP contribution in [0.5, 0.6) is 0 Å². The van der Waals surface area contributed by atoms with Crippen LogP contribution >= 0.6 is 11.8 Å². The van der Waals surface area contributed by atoms with Crippen LogP contribution in [-0.2, 0) is 4.79 Å². The summed E-state index contributed by atoms with van der Waals surface area (Å²) in [5, 5.41) is 0. The van der Waals surface area contributed by atoms with Crippen LogP contribution in [-0.4, -0.2) is 40.9 Å². The van der Waals surface area contributed by atoms with E-state index in [2.05, 4.69) is 4.90 Å². The normalized spacial score (nSPS) is 21.4. The van der Waals surface area contributed by atoms with Crippen molar-refractivity contribution >= 4 is 17.7 Å². The third-order valence-electron chi connectivity index (χ3n) is 4.95. The second-order valence-electron chi connectivity index (χ2n) is 6.54. The summed E-state index contributed by atoms with van der Waals surface area (Å²) in [4.78, 5) is 15.1. The predicted octanol–water partition coefficient (Wildman–Crippen LogP) is 3.56. The van der Waals surface area contributed by atoms with Crippen molar-refractivity contribution < 1.29 is 4.79 Å². The van der Waals surface area contributed by atoms with Crippen LogP contribution < -0.4 is 5.73 Å². The van der Waals surface area contributed by atoms with Crippen LogP contribution in [0.2, 0.25) is 0 Å². The highest BCUT2D eigenvalue weighted by Gasteiger charge is 2.31. The lowest BCUT2D eigenvalue weighted by atomic mass is 9.88. The Kier molecular flexibility index (Phi) is 7.94. The number of thioether (sulfide) groups is 1. The van der Waals surface area contributed by atoms with Gasteiger partial charge in [0.25, 0.3) is 0 Å². The summed E-state index contributed by atoms with van der Waals surface area (Å²) in [6.07, 6.45) is 13.6. The van der Waals surface area contributed by atoms with E-state index in [1.165, 1.54) is 64.2 Å². The lowest BCUT2D eigenvalue weighted by molar-refractivity contribution is -0.137. The zero-order valence-corrected chi connectivity index (χ0v) is 14.2. The molecule has 2 rings (SSSR count). The van der Waals surface area contributed by atoms with Crippen molar-refractivity contribution in [2.75, 3.05) is 18.1 Å². The Morgan fingerprint density at radius 3 is 1.90 bits per heavy atom. The summed E-state index contributed by atoms with van der Waals surface area (Å²) >= 11 is 1.82. The molecule has 0 aromatic heterocycles. The van der Waals surface area contributed by atoms with Gasteiger partial charge in [-0.15, -0.1) is 0 Å². The van der Waals surface area contributed by atoms with Gasteiger partial charge in [0.05, 0.1) is 0 Å². The fourth-order valence-corrected chi connectivity index (χ4v) is 4.59. The number of nitrogens with two attached hydrogens (primary N) is 1. The Hall–Kier alpha value is -0.220. The van der Waals surface area contributed by atoms with E-state index >= 15 is 0 Å². The van der Waals surface area contributed by atoms with Crippen LogP contribution in [0.1, 0.15) is 70.6 Å². The van der Waals surface area contributed by atoms with Gasteiger partial charge in [-0.05, 0) is 25.7 Å². The molecule has 0 bridgehead atoms. The molecule has 0 radical (unpaired) electrons. The third-order valence-corrected chi connectivity index (χ3v) is 5.96. The SMILES string of the molecule is NCCSCCC(=O)N(C1CCCCC1)C1CCCCC1. The Bertz CT molecular complexity index is 281. The molecule has 0 heterocycles. The van der Waals surface area contributed by atoms with Crippen molar-refractivity contribution in [1.29, 1.82) is 0 Å². The van der Waals surface area contributed by atoms with Crippen LogP contribution in [0.3, 0.4) is 0 Å². The molecule has 1 amide bonds. The van der Waals surface area contributed by atoms with Crippen molar-refractivity contribution in [3.63, 3.8) is 0 Å². The number of nitrogens with zero attached hydrogens (tertiary/aromatic N) is 1. The first-order chi connectivity index (χ1) is 10.3. The Labute approximate surface area is 134 Å². The minimum atomic E-state index is 0.415. The van der Waals surface area contributed by atoms with E-state index < -0.39 is 0 Å². The van der Waals surface area contributed by atoms with Gasteiger partial charge in [-0.3, -0.25) is 4.79 Å². The molecular weight excluding hydrogens is 280 g/mol. The quantitative estimate of drug-likeness (QED) is 0.731. The molecule has 2 aliphatic carbocycles. The Morgan fingerprint density at radius 1 is 0.905 bits per heavy atom. The zero-order valence-electron chi connectivity index (χ0n) is 13.4. The van der Waals surface area contributed by atoms with Crippen LogP contribution in [0.25, 0.3) is 0 Å². The summed E-state index contributed by atoms with van der Waals surface area (Å²) in [7, 11) is 0. The third kappa shape index (κ3) is 5.48. The van der Waals surface area contributed by atoms with E-state index in [0.29, 0.717) is 31.0 Å². The van der Waals surface area contributed by atoms with Gasteiger partial charge < -0.3 is 10.6 Å². The van der Waals surface area contributed by atoms with E-state index in [1.54, 1.807) is 0 Å². The van der Waals surface area contributed by atoms with E-state index in [4.69, 9.17) is 5.73 Å². The predicted molar refractivity (Wildman–Crippen MR) is 91.6 cm³/mol. The highest BCUT2D eigenvalue weighted by atomic mass is 32.2. The largest absolute Gasteiger partial charge is 0.337 e. The number of carbonyl (C=O) groups excluding carboxylic acids is 1. The average Bonchev–Trinajstić information content (AvgIpc) is 2.54. The van der Waals surface area contributed by atoms with Gasteiger partial charge in [0.1, 0.15) is 0 Å². The van der Waals surface area contributed by atoms with E-state index in [0.717, 1.165) is 11.5 Å². The highest BCUT2D eigenvalue weighted by molar-refractivity contribution is 7.99. The monoisotopic (exact) mass is 312 g/mol. The number of rotatable bonds is 7. The lowest BCUT2D eigenvalue weighted by Crippen LogP contribution is -2.48. The van der Waals surface area contributed by atoms with Crippen LogP contribution in [0, 0.1) is 0 Å². The highest BCUT2D eigenvalue weighted by Crippen LogP contribution is 2.30. The summed E-state index contributed by atoms with van der Waals surface area (Å²) < 4.78 is 0. The Balaban J connectivity index is 1.91. The topological polar surface area (TPSA) is 46.3 Å². The zero-order chi connectivity index (χ0) is 14.9. The molecule has 3 nitrogen and oxygen atoms in total. The van der Waals surface area contributed by atoms with Crippen molar-refractivity contribution in [3.05, 3.63) is 0 Å². The summed E-state index contributed by atoms with van der Waals surface area (Å²) in [5.74, 6) is 2.32. The molecule has 0 saturated heterocycles.